The van der Waals surface area contributed by atoms with Crippen LogP contribution in [0.15, 0.2) is 17.3 Å². The van der Waals surface area contributed by atoms with E-state index in [9.17, 15) is 4.79 Å². The summed E-state index contributed by atoms with van der Waals surface area (Å²) in [5.41, 5.74) is 0.814. The first-order valence-electron chi connectivity index (χ1n) is 2.75. The highest BCUT2D eigenvalue weighted by atomic mass is 16.1. The van der Waals surface area contributed by atoms with Gasteiger partial charge in [0.2, 0.25) is 5.43 Å². The molecular formula is C5H4N4O. The number of nitrogens with one attached hydrogen (secondary N) is 2. The van der Waals surface area contributed by atoms with Crippen LogP contribution < -0.4 is 5.43 Å². The summed E-state index contributed by atoms with van der Waals surface area (Å²) in [6, 6.07) is 0. The van der Waals surface area contributed by atoms with Crippen molar-refractivity contribution < 1.29 is 0 Å². The third-order valence-electron chi connectivity index (χ3n) is 1.24. The summed E-state index contributed by atoms with van der Waals surface area (Å²) in [5.74, 6) is 0. The molecule has 50 valence electrons. The molecule has 0 spiro atoms. The number of hydrogen-bond donors (Lipinski definition) is 2. The van der Waals surface area contributed by atoms with Gasteiger partial charge in [-0.25, -0.2) is 4.98 Å². The van der Waals surface area contributed by atoms with Crippen LogP contribution in [-0.2, 0) is 0 Å². The molecule has 2 heterocycles. The zero-order valence-corrected chi connectivity index (χ0v) is 4.96. The summed E-state index contributed by atoms with van der Waals surface area (Å²) < 4.78 is 0. The lowest BCUT2D eigenvalue weighted by Gasteiger charge is -1.82. The summed E-state index contributed by atoms with van der Waals surface area (Å²) in [4.78, 5) is 17.4. The van der Waals surface area contributed by atoms with Gasteiger partial charge in [0.15, 0.2) is 5.65 Å². The molecule has 5 nitrogen and oxygen atoms in total. The van der Waals surface area contributed by atoms with Gasteiger partial charge < -0.3 is 4.98 Å². The monoisotopic (exact) mass is 136 g/mol. The van der Waals surface area contributed by atoms with E-state index in [1.165, 1.54) is 12.5 Å². The maximum Gasteiger partial charge on any atom is 0.225 e. The van der Waals surface area contributed by atoms with Crippen LogP contribution in [0.4, 0.5) is 0 Å². The lowest BCUT2D eigenvalue weighted by atomic mass is 10.5. The van der Waals surface area contributed by atoms with Crippen LogP contribution in [0.2, 0.25) is 0 Å². The van der Waals surface area contributed by atoms with Gasteiger partial charge in [-0.2, -0.15) is 5.10 Å². The number of aromatic nitrogens is 4. The van der Waals surface area contributed by atoms with Gasteiger partial charge in [0, 0.05) is 0 Å². The van der Waals surface area contributed by atoms with Gasteiger partial charge in [0.25, 0.3) is 0 Å². The van der Waals surface area contributed by atoms with Gasteiger partial charge in [-0.1, -0.05) is 0 Å². The molecule has 0 aliphatic rings. The molecule has 0 amide bonds. The molecule has 0 aliphatic carbocycles. The third kappa shape index (κ3) is 0.540. The van der Waals surface area contributed by atoms with E-state index < -0.39 is 0 Å². The van der Waals surface area contributed by atoms with Crippen molar-refractivity contribution in [2.75, 3.05) is 0 Å². The van der Waals surface area contributed by atoms with E-state index >= 15 is 0 Å². The average Bonchev–Trinajstić information content (AvgIpc) is 2.36. The molecule has 5 heteroatoms. The highest BCUT2D eigenvalue weighted by Gasteiger charge is 1.97. The fraction of sp³-hybridized carbons (Fsp3) is 0. The number of rotatable bonds is 0. The number of fused-ring (bicyclic) bond motifs is 1. The van der Waals surface area contributed by atoms with Crippen molar-refractivity contribution in [3.05, 3.63) is 22.7 Å². The standard InChI is InChI=1S/C5H4N4O/c10-3-1-8-9-5-4(3)6-2-7-5/h1-2H,(H2,6,7,9,10). The summed E-state index contributed by atoms with van der Waals surface area (Å²) in [6.07, 6.45) is 2.66. The molecule has 2 aromatic heterocycles. The van der Waals surface area contributed by atoms with Crippen molar-refractivity contribution >= 4 is 11.2 Å². The van der Waals surface area contributed by atoms with E-state index in [2.05, 4.69) is 20.2 Å². The van der Waals surface area contributed by atoms with Crippen LogP contribution in [0.3, 0.4) is 0 Å². The first-order chi connectivity index (χ1) is 4.88. The highest BCUT2D eigenvalue weighted by molar-refractivity contribution is 5.67. The largest absolute Gasteiger partial charge is 0.340 e. The molecule has 0 fully saturated rings. The number of hydrogen-bond acceptors (Lipinski definition) is 3. The molecule has 2 aromatic rings. The molecule has 0 radical (unpaired) electrons. The van der Waals surface area contributed by atoms with Crippen LogP contribution >= 0.6 is 0 Å². The predicted octanol–water partition coefficient (Wildman–Crippen LogP) is -0.354. The van der Waals surface area contributed by atoms with Crippen LogP contribution in [0, 0.1) is 0 Å². The zero-order valence-electron chi connectivity index (χ0n) is 4.96. The Morgan fingerprint density at radius 3 is 3.20 bits per heavy atom. The molecular weight excluding hydrogens is 132 g/mol. The molecule has 0 aromatic carbocycles. The Kier molecular flexibility index (Phi) is 0.858. The number of H-pyrrole nitrogens is 2. The van der Waals surface area contributed by atoms with Crippen molar-refractivity contribution in [3.63, 3.8) is 0 Å². The number of nitrogens with zero attached hydrogens (tertiary/aromatic N) is 2. The van der Waals surface area contributed by atoms with Crippen molar-refractivity contribution in [2.45, 2.75) is 0 Å². The predicted molar refractivity (Wildman–Crippen MR) is 34.5 cm³/mol. The van der Waals surface area contributed by atoms with Gasteiger partial charge in [-0.3, -0.25) is 9.89 Å². The van der Waals surface area contributed by atoms with Crippen LogP contribution in [0.1, 0.15) is 0 Å². The lowest BCUT2D eigenvalue weighted by Crippen LogP contribution is -2.01. The summed E-state index contributed by atoms with van der Waals surface area (Å²) >= 11 is 0. The van der Waals surface area contributed by atoms with Gasteiger partial charge in [-0.05, 0) is 0 Å². The molecule has 0 saturated carbocycles. The fourth-order valence-corrected chi connectivity index (χ4v) is 0.783. The molecule has 2 N–H and O–H groups in total. The minimum Gasteiger partial charge on any atom is -0.340 e. The lowest BCUT2D eigenvalue weighted by molar-refractivity contribution is 1.05. The van der Waals surface area contributed by atoms with Crippen molar-refractivity contribution in [1.82, 2.24) is 20.2 Å². The van der Waals surface area contributed by atoms with E-state index in [4.69, 9.17) is 0 Å². The molecule has 2 rings (SSSR count). The second-order valence-corrected chi connectivity index (χ2v) is 1.86. The van der Waals surface area contributed by atoms with E-state index in [0.29, 0.717) is 11.2 Å². The summed E-state index contributed by atoms with van der Waals surface area (Å²) in [7, 11) is 0. The second kappa shape index (κ2) is 1.66. The number of aromatic amines is 2. The quantitative estimate of drug-likeness (QED) is 0.519. The first kappa shape index (κ1) is 5.16. The van der Waals surface area contributed by atoms with E-state index in [-0.39, 0.29) is 5.43 Å². The Morgan fingerprint density at radius 1 is 1.50 bits per heavy atom. The summed E-state index contributed by atoms with van der Waals surface area (Å²) in [6.45, 7) is 0. The second-order valence-electron chi connectivity index (χ2n) is 1.86. The van der Waals surface area contributed by atoms with Gasteiger partial charge in [0.05, 0.1) is 12.5 Å². The zero-order chi connectivity index (χ0) is 6.97. The number of imidazole rings is 1. The van der Waals surface area contributed by atoms with Crippen molar-refractivity contribution in [3.8, 4) is 0 Å². The highest BCUT2D eigenvalue weighted by Crippen LogP contribution is 1.93. The Bertz CT molecular complexity index is 401. The molecule has 0 bridgehead atoms. The Morgan fingerprint density at radius 2 is 2.40 bits per heavy atom. The topological polar surface area (TPSA) is 74.4 Å². The van der Waals surface area contributed by atoms with Crippen LogP contribution in [0.25, 0.3) is 11.2 Å². The summed E-state index contributed by atoms with van der Waals surface area (Å²) in [5, 5.41) is 6.14. The van der Waals surface area contributed by atoms with Crippen molar-refractivity contribution in [1.29, 1.82) is 0 Å². The smallest absolute Gasteiger partial charge is 0.225 e. The van der Waals surface area contributed by atoms with Gasteiger partial charge in [-0.15, -0.1) is 0 Å². The Balaban J connectivity index is 3.09. The molecule has 0 aliphatic heterocycles. The van der Waals surface area contributed by atoms with Gasteiger partial charge in [0.1, 0.15) is 5.52 Å². The maximum atomic E-state index is 10.9. The average molecular weight is 136 g/mol. The SMILES string of the molecule is O=c1cn[nH]c2nc[nH]c12. The first-order valence-corrected chi connectivity index (χ1v) is 2.75. The Hall–Kier alpha value is -1.65. The van der Waals surface area contributed by atoms with Crippen molar-refractivity contribution in [2.24, 2.45) is 0 Å². The van der Waals surface area contributed by atoms with Crippen LogP contribution in [0.5, 0.6) is 0 Å². The maximum absolute atomic E-state index is 10.9. The van der Waals surface area contributed by atoms with Gasteiger partial charge >= 0.3 is 0 Å². The van der Waals surface area contributed by atoms with E-state index in [1.54, 1.807) is 0 Å². The molecule has 0 unspecified atom stereocenters. The molecule has 0 saturated heterocycles. The molecule has 10 heavy (non-hydrogen) atoms. The van der Waals surface area contributed by atoms with Crippen LogP contribution in [-0.4, -0.2) is 20.2 Å². The van der Waals surface area contributed by atoms with E-state index in [0.717, 1.165) is 0 Å². The minimum absolute atomic E-state index is 0.147. The third-order valence-corrected chi connectivity index (χ3v) is 1.24. The van der Waals surface area contributed by atoms with E-state index in [1.807, 2.05) is 0 Å². The molecule has 0 atom stereocenters. The minimum atomic E-state index is -0.147. The normalized spacial score (nSPS) is 10.4. The fourth-order valence-electron chi connectivity index (χ4n) is 0.783. The Labute approximate surface area is 55.1 Å².